The standard InChI is InChI=1S/C24H17F4NO/c1-14-11-23(29-22-10-6-17(13-20(14)22)24(26,27)28)16-5-9-19(21(25)12-16)15-3-7-18(30-2)8-4-15/h3-13H,1-2H3. The molecule has 152 valence electrons. The fraction of sp³-hybridized carbons (Fsp3) is 0.125. The highest BCUT2D eigenvalue weighted by atomic mass is 19.4. The Labute approximate surface area is 170 Å². The lowest BCUT2D eigenvalue weighted by molar-refractivity contribution is -0.137. The van der Waals surface area contributed by atoms with E-state index in [1.807, 2.05) is 0 Å². The third-order valence-electron chi connectivity index (χ3n) is 5.01. The second-order valence-electron chi connectivity index (χ2n) is 6.98. The third kappa shape index (κ3) is 3.73. The van der Waals surface area contributed by atoms with Gasteiger partial charge in [-0.15, -0.1) is 0 Å². The fourth-order valence-corrected chi connectivity index (χ4v) is 3.40. The molecule has 6 heteroatoms. The first-order valence-corrected chi connectivity index (χ1v) is 9.19. The van der Waals surface area contributed by atoms with Crippen LogP contribution >= 0.6 is 0 Å². The summed E-state index contributed by atoms with van der Waals surface area (Å²) >= 11 is 0. The first-order valence-electron chi connectivity index (χ1n) is 9.19. The summed E-state index contributed by atoms with van der Waals surface area (Å²) in [6.45, 7) is 1.72. The lowest BCUT2D eigenvalue weighted by Crippen LogP contribution is -2.04. The smallest absolute Gasteiger partial charge is 0.416 e. The van der Waals surface area contributed by atoms with Crippen molar-refractivity contribution in [3.8, 4) is 28.1 Å². The summed E-state index contributed by atoms with van der Waals surface area (Å²) in [7, 11) is 1.56. The minimum Gasteiger partial charge on any atom is -0.497 e. The van der Waals surface area contributed by atoms with Crippen LogP contribution in [0.5, 0.6) is 5.75 Å². The molecule has 0 N–H and O–H groups in total. The quantitative estimate of drug-likeness (QED) is 0.337. The Morgan fingerprint density at radius 1 is 0.833 bits per heavy atom. The molecule has 0 aliphatic carbocycles. The molecule has 0 atom stereocenters. The van der Waals surface area contributed by atoms with Gasteiger partial charge in [-0.05, 0) is 60.5 Å². The monoisotopic (exact) mass is 411 g/mol. The second kappa shape index (κ2) is 7.44. The van der Waals surface area contributed by atoms with E-state index in [-0.39, 0.29) is 0 Å². The summed E-state index contributed by atoms with van der Waals surface area (Å²) in [5, 5.41) is 0.420. The summed E-state index contributed by atoms with van der Waals surface area (Å²) in [5.41, 5.74) is 2.55. The molecule has 1 aromatic heterocycles. The predicted molar refractivity (Wildman–Crippen MR) is 109 cm³/mol. The molecule has 0 amide bonds. The van der Waals surface area contributed by atoms with Crippen molar-refractivity contribution in [2.45, 2.75) is 13.1 Å². The summed E-state index contributed by atoms with van der Waals surface area (Å²) < 4.78 is 58.9. The molecule has 30 heavy (non-hydrogen) atoms. The summed E-state index contributed by atoms with van der Waals surface area (Å²) in [6, 6.07) is 17.0. The van der Waals surface area contributed by atoms with Crippen LogP contribution in [0.3, 0.4) is 0 Å². The van der Waals surface area contributed by atoms with Gasteiger partial charge in [0.05, 0.1) is 23.9 Å². The average Bonchev–Trinajstić information content (AvgIpc) is 2.73. The zero-order valence-corrected chi connectivity index (χ0v) is 16.2. The molecule has 2 nitrogen and oxygen atoms in total. The highest BCUT2D eigenvalue weighted by Crippen LogP contribution is 2.34. The number of fused-ring (bicyclic) bond motifs is 1. The van der Waals surface area contributed by atoms with Crippen LogP contribution in [-0.4, -0.2) is 12.1 Å². The van der Waals surface area contributed by atoms with Gasteiger partial charge in [0, 0.05) is 16.5 Å². The van der Waals surface area contributed by atoms with Gasteiger partial charge in [-0.25, -0.2) is 9.37 Å². The normalized spacial score (nSPS) is 11.7. The van der Waals surface area contributed by atoms with E-state index in [2.05, 4.69) is 4.98 Å². The van der Waals surface area contributed by atoms with E-state index in [1.54, 1.807) is 56.5 Å². The molecule has 0 saturated heterocycles. The van der Waals surface area contributed by atoms with E-state index in [0.717, 1.165) is 12.1 Å². The molecule has 0 aliphatic rings. The molecule has 0 bridgehead atoms. The van der Waals surface area contributed by atoms with Crippen LogP contribution in [-0.2, 0) is 6.18 Å². The fourth-order valence-electron chi connectivity index (χ4n) is 3.40. The molecular formula is C24H17F4NO. The molecule has 0 aliphatic heterocycles. The van der Waals surface area contributed by atoms with Crippen molar-refractivity contribution in [1.29, 1.82) is 0 Å². The van der Waals surface area contributed by atoms with E-state index >= 15 is 0 Å². The average molecular weight is 411 g/mol. The van der Waals surface area contributed by atoms with Crippen molar-refractivity contribution in [2.24, 2.45) is 0 Å². The lowest BCUT2D eigenvalue weighted by Gasteiger charge is -2.11. The molecule has 4 aromatic rings. The number of pyridine rings is 1. The highest BCUT2D eigenvalue weighted by Gasteiger charge is 2.30. The zero-order chi connectivity index (χ0) is 21.5. The minimum absolute atomic E-state index is 0.412. The van der Waals surface area contributed by atoms with Crippen molar-refractivity contribution < 1.29 is 22.3 Å². The Morgan fingerprint density at radius 2 is 1.53 bits per heavy atom. The molecular weight excluding hydrogens is 394 g/mol. The summed E-state index contributed by atoms with van der Waals surface area (Å²) in [4.78, 5) is 4.45. The molecule has 4 rings (SSSR count). The second-order valence-corrected chi connectivity index (χ2v) is 6.98. The van der Waals surface area contributed by atoms with Crippen molar-refractivity contribution in [2.75, 3.05) is 7.11 Å². The van der Waals surface area contributed by atoms with Gasteiger partial charge in [-0.1, -0.05) is 24.3 Å². The third-order valence-corrected chi connectivity index (χ3v) is 5.01. The highest BCUT2D eigenvalue weighted by molar-refractivity contribution is 5.86. The number of hydrogen-bond acceptors (Lipinski definition) is 2. The number of methoxy groups -OCH3 is 1. The van der Waals surface area contributed by atoms with Crippen molar-refractivity contribution in [3.05, 3.63) is 83.7 Å². The Bertz CT molecular complexity index is 1230. The number of aryl methyl sites for hydroxylation is 1. The van der Waals surface area contributed by atoms with Crippen molar-refractivity contribution >= 4 is 10.9 Å². The number of benzene rings is 3. The van der Waals surface area contributed by atoms with Gasteiger partial charge in [-0.3, -0.25) is 0 Å². The number of rotatable bonds is 3. The Morgan fingerprint density at radius 3 is 2.17 bits per heavy atom. The largest absolute Gasteiger partial charge is 0.497 e. The van der Waals surface area contributed by atoms with Crippen LogP contribution in [0.2, 0.25) is 0 Å². The SMILES string of the molecule is COc1ccc(-c2ccc(-c3cc(C)c4cc(C(F)(F)F)ccc4n3)cc2F)cc1. The van der Waals surface area contributed by atoms with Crippen LogP contribution in [0.25, 0.3) is 33.3 Å². The zero-order valence-electron chi connectivity index (χ0n) is 16.2. The van der Waals surface area contributed by atoms with Crippen LogP contribution in [0.15, 0.2) is 66.7 Å². The minimum atomic E-state index is -4.42. The van der Waals surface area contributed by atoms with Gasteiger partial charge < -0.3 is 4.74 Å². The van der Waals surface area contributed by atoms with Crippen LogP contribution in [0.4, 0.5) is 17.6 Å². The van der Waals surface area contributed by atoms with E-state index in [0.29, 0.717) is 44.6 Å². The number of nitrogens with zero attached hydrogens (tertiary/aromatic N) is 1. The van der Waals surface area contributed by atoms with Gasteiger partial charge in [0.2, 0.25) is 0 Å². The van der Waals surface area contributed by atoms with Gasteiger partial charge in [-0.2, -0.15) is 13.2 Å². The number of hydrogen-bond donors (Lipinski definition) is 0. The maximum Gasteiger partial charge on any atom is 0.416 e. The van der Waals surface area contributed by atoms with Crippen LogP contribution < -0.4 is 4.74 Å². The topological polar surface area (TPSA) is 22.1 Å². The van der Waals surface area contributed by atoms with Crippen molar-refractivity contribution in [1.82, 2.24) is 4.98 Å². The Hall–Kier alpha value is -3.41. The van der Waals surface area contributed by atoms with Crippen LogP contribution in [0, 0.1) is 12.7 Å². The first kappa shape index (κ1) is 19.9. The Balaban J connectivity index is 1.73. The molecule has 0 saturated carbocycles. The first-order chi connectivity index (χ1) is 14.3. The predicted octanol–water partition coefficient (Wildman–Crippen LogP) is 7.04. The van der Waals surface area contributed by atoms with Crippen LogP contribution in [0.1, 0.15) is 11.1 Å². The number of halogens is 4. The van der Waals surface area contributed by atoms with Crippen molar-refractivity contribution in [3.63, 3.8) is 0 Å². The van der Waals surface area contributed by atoms with E-state index < -0.39 is 17.6 Å². The maximum atomic E-state index is 14.8. The Kier molecular flexibility index (Phi) is 4.94. The molecule has 3 aromatic carbocycles. The maximum absolute atomic E-state index is 14.8. The van der Waals surface area contributed by atoms with Gasteiger partial charge in [0.25, 0.3) is 0 Å². The molecule has 0 spiro atoms. The number of ether oxygens (including phenoxy) is 1. The number of alkyl halides is 3. The van der Waals surface area contributed by atoms with E-state index in [4.69, 9.17) is 4.74 Å². The van der Waals surface area contributed by atoms with Gasteiger partial charge >= 0.3 is 6.18 Å². The molecule has 0 fully saturated rings. The summed E-state index contributed by atoms with van der Waals surface area (Å²) in [6.07, 6.45) is -4.42. The lowest BCUT2D eigenvalue weighted by atomic mass is 9.99. The molecule has 0 radical (unpaired) electrons. The number of aromatic nitrogens is 1. The van der Waals surface area contributed by atoms with E-state index in [1.165, 1.54) is 12.1 Å². The molecule has 1 heterocycles. The van der Waals surface area contributed by atoms with Gasteiger partial charge in [0.15, 0.2) is 0 Å². The van der Waals surface area contributed by atoms with E-state index in [9.17, 15) is 17.6 Å². The summed E-state index contributed by atoms with van der Waals surface area (Å²) in [5.74, 6) is 0.268. The molecule has 0 unspecified atom stereocenters. The van der Waals surface area contributed by atoms with Gasteiger partial charge in [0.1, 0.15) is 11.6 Å².